The molecule has 1 aliphatic heterocycles. The minimum Gasteiger partial charge on any atom is -0.352 e. The number of rotatable bonds is 0. The predicted octanol–water partition coefficient (Wildman–Crippen LogP) is 0.644. The first kappa shape index (κ1) is 7.28. The molecule has 0 spiro atoms. The van der Waals surface area contributed by atoms with Gasteiger partial charge in [0.1, 0.15) is 0 Å². The topological polar surface area (TPSA) is 42.0 Å². The van der Waals surface area contributed by atoms with Crippen molar-refractivity contribution >= 4 is 5.91 Å². The minimum atomic E-state index is 0.119. The third-order valence-corrected chi connectivity index (χ3v) is 2.05. The van der Waals surface area contributed by atoms with Gasteiger partial charge in [0.05, 0.1) is 0 Å². The third kappa shape index (κ3) is 1.30. The van der Waals surface area contributed by atoms with Gasteiger partial charge in [0, 0.05) is 24.9 Å². The third-order valence-electron chi connectivity index (χ3n) is 2.05. The van der Waals surface area contributed by atoms with Crippen LogP contribution in [0.2, 0.25) is 0 Å². The molecule has 1 aromatic heterocycles. The zero-order valence-electron chi connectivity index (χ0n) is 6.71. The van der Waals surface area contributed by atoms with Gasteiger partial charge in [-0.1, -0.05) is 6.07 Å². The molecule has 0 radical (unpaired) electrons. The summed E-state index contributed by atoms with van der Waals surface area (Å²) in [5.74, 6) is 0.119. The van der Waals surface area contributed by atoms with E-state index in [2.05, 4.69) is 10.3 Å². The quantitative estimate of drug-likeness (QED) is 0.608. The molecule has 0 unspecified atom stereocenters. The highest BCUT2D eigenvalue weighted by molar-refractivity contribution is 5.76. The summed E-state index contributed by atoms with van der Waals surface area (Å²) in [7, 11) is 0. The smallest absolute Gasteiger partial charge is 0.220 e. The SMILES string of the molecule is O=C1CCc2ncccc2CN1. The van der Waals surface area contributed by atoms with Gasteiger partial charge in [-0.2, -0.15) is 0 Å². The van der Waals surface area contributed by atoms with Crippen LogP contribution in [0.4, 0.5) is 0 Å². The number of aryl methyl sites for hydroxylation is 1. The highest BCUT2D eigenvalue weighted by Crippen LogP contribution is 2.10. The van der Waals surface area contributed by atoms with Crippen LogP contribution in [0.3, 0.4) is 0 Å². The number of carbonyl (C=O) groups excluding carboxylic acids is 1. The maximum absolute atomic E-state index is 11.0. The van der Waals surface area contributed by atoms with Gasteiger partial charge in [0.2, 0.25) is 5.91 Å². The first-order valence-electron chi connectivity index (χ1n) is 4.06. The molecule has 0 aromatic carbocycles. The fourth-order valence-corrected chi connectivity index (χ4v) is 1.37. The van der Waals surface area contributed by atoms with Crippen LogP contribution < -0.4 is 5.32 Å². The number of nitrogens with zero attached hydrogens (tertiary/aromatic N) is 1. The first-order valence-corrected chi connectivity index (χ1v) is 4.06. The van der Waals surface area contributed by atoms with E-state index in [1.807, 2.05) is 12.1 Å². The fraction of sp³-hybridized carbons (Fsp3) is 0.333. The Hall–Kier alpha value is -1.38. The molecule has 0 fully saturated rings. The lowest BCUT2D eigenvalue weighted by Crippen LogP contribution is -2.20. The van der Waals surface area contributed by atoms with E-state index in [-0.39, 0.29) is 5.91 Å². The minimum absolute atomic E-state index is 0.119. The zero-order chi connectivity index (χ0) is 8.39. The van der Waals surface area contributed by atoms with Crippen LogP contribution in [0.5, 0.6) is 0 Å². The maximum Gasteiger partial charge on any atom is 0.220 e. The van der Waals surface area contributed by atoms with Crippen LogP contribution in [-0.4, -0.2) is 10.9 Å². The number of amides is 1. The summed E-state index contributed by atoms with van der Waals surface area (Å²) in [4.78, 5) is 15.2. The molecule has 1 aliphatic rings. The van der Waals surface area contributed by atoms with Crippen LogP contribution in [0.1, 0.15) is 17.7 Å². The van der Waals surface area contributed by atoms with Crippen LogP contribution in [0.15, 0.2) is 18.3 Å². The van der Waals surface area contributed by atoms with Crippen molar-refractivity contribution in [3.8, 4) is 0 Å². The van der Waals surface area contributed by atoms with Gasteiger partial charge in [-0.15, -0.1) is 0 Å². The molecule has 0 saturated heterocycles. The van der Waals surface area contributed by atoms with E-state index in [1.165, 1.54) is 0 Å². The van der Waals surface area contributed by atoms with E-state index in [0.29, 0.717) is 13.0 Å². The van der Waals surface area contributed by atoms with Crippen molar-refractivity contribution in [1.29, 1.82) is 0 Å². The number of aromatic nitrogens is 1. The van der Waals surface area contributed by atoms with E-state index < -0.39 is 0 Å². The molecule has 0 bridgehead atoms. The predicted molar refractivity (Wildman–Crippen MR) is 44.4 cm³/mol. The van der Waals surface area contributed by atoms with E-state index in [0.717, 1.165) is 17.7 Å². The lowest BCUT2D eigenvalue weighted by Gasteiger charge is -2.01. The molecular formula is C9H10N2O. The number of carbonyl (C=O) groups is 1. The maximum atomic E-state index is 11.0. The Kier molecular flexibility index (Phi) is 1.78. The van der Waals surface area contributed by atoms with Crippen molar-refractivity contribution in [3.63, 3.8) is 0 Å². The lowest BCUT2D eigenvalue weighted by molar-refractivity contribution is -0.121. The second-order valence-electron chi connectivity index (χ2n) is 2.89. The number of pyridine rings is 1. The normalized spacial score (nSPS) is 16.2. The number of hydrogen-bond donors (Lipinski definition) is 1. The Balaban J connectivity index is 2.32. The highest BCUT2D eigenvalue weighted by atomic mass is 16.1. The first-order chi connectivity index (χ1) is 5.86. The second kappa shape index (κ2) is 2.93. The van der Waals surface area contributed by atoms with Gasteiger partial charge in [-0.25, -0.2) is 0 Å². The fourth-order valence-electron chi connectivity index (χ4n) is 1.37. The zero-order valence-corrected chi connectivity index (χ0v) is 6.71. The molecule has 0 atom stereocenters. The molecule has 1 amide bonds. The molecule has 12 heavy (non-hydrogen) atoms. The van der Waals surface area contributed by atoms with Gasteiger partial charge >= 0.3 is 0 Å². The van der Waals surface area contributed by atoms with Gasteiger partial charge in [-0.3, -0.25) is 9.78 Å². The average Bonchev–Trinajstić information content (AvgIpc) is 2.29. The molecule has 1 aromatic rings. The number of hydrogen-bond acceptors (Lipinski definition) is 2. The lowest BCUT2D eigenvalue weighted by atomic mass is 10.1. The van der Waals surface area contributed by atoms with Crippen molar-refractivity contribution in [2.45, 2.75) is 19.4 Å². The number of fused-ring (bicyclic) bond motifs is 1. The van der Waals surface area contributed by atoms with Crippen molar-refractivity contribution in [1.82, 2.24) is 10.3 Å². The molecule has 62 valence electrons. The largest absolute Gasteiger partial charge is 0.352 e. The molecule has 3 heteroatoms. The Morgan fingerprint density at radius 3 is 3.25 bits per heavy atom. The van der Waals surface area contributed by atoms with E-state index in [4.69, 9.17) is 0 Å². The molecule has 3 nitrogen and oxygen atoms in total. The monoisotopic (exact) mass is 162 g/mol. The molecular weight excluding hydrogens is 152 g/mol. The summed E-state index contributed by atoms with van der Waals surface area (Å²) < 4.78 is 0. The van der Waals surface area contributed by atoms with E-state index in [9.17, 15) is 4.79 Å². The summed E-state index contributed by atoms with van der Waals surface area (Å²) in [6, 6.07) is 3.91. The van der Waals surface area contributed by atoms with Crippen LogP contribution >= 0.6 is 0 Å². The summed E-state index contributed by atoms with van der Waals surface area (Å²) in [6.07, 6.45) is 3.10. The second-order valence-corrected chi connectivity index (χ2v) is 2.89. The summed E-state index contributed by atoms with van der Waals surface area (Å²) in [6.45, 7) is 0.627. The Morgan fingerprint density at radius 1 is 1.42 bits per heavy atom. The van der Waals surface area contributed by atoms with E-state index in [1.54, 1.807) is 6.20 Å². The molecule has 0 aliphatic carbocycles. The van der Waals surface area contributed by atoms with Gasteiger partial charge in [0.15, 0.2) is 0 Å². The van der Waals surface area contributed by atoms with Crippen LogP contribution in [0, 0.1) is 0 Å². The van der Waals surface area contributed by atoms with Gasteiger partial charge < -0.3 is 5.32 Å². The van der Waals surface area contributed by atoms with Crippen molar-refractivity contribution < 1.29 is 4.79 Å². The highest BCUT2D eigenvalue weighted by Gasteiger charge is 2.11. The Labute approximate surface area is 70.8 Å². The van der Waals surface area contributed by atoms with Crippen molar-refractivity contribution in [2.24, 2.45) is 0 Å². The average molecular weight is 162 g/mol. The van der Waals surface area contributed by atoms with E-state index >= 15 is 0 Å². The summed E-state index contributed by atoms with van der Waals surface area (Å²) in [5, 5.41) is 2.82. The van der Waals surface area contributed by atoms with Crippen LogP contribution in [-0.2, 0) is 17.8 Å². The molecule has 2 heterocycles. The molecule has 1 N–H and O–H groups in total. The van der Waals surface area contributed by atoms with Gasteiger partial charge in [-0.05, 0) is 18.1 Å². The summed E-state index contributed by atoms with van der Waals surface area (Å²) >= 11 is 0. The van der Waals surface area contributed by atoms with Crippen molar-refractivity contribution in [2.75, 3.05) is 0 Å². The summed E-state index contributed by atoms with van der Waals surface area (Å²) in [5.41, 5.74) is 2.19. The standard InChI is InChI=1S/C9H10N2O/c12-9-4-3-8-7(6-11-9)2-1-5-10-8/h1-2,5H,3-4,6H2,(H,11,12). The van der Waals surface area contributed by atoms with Crippen LogP contribution in [0.25, 0.3) is 0 Å². The Bertz CT molecular complexity index is 280. The number of nitrogens with one attached hydrogen (secondary N) is 1. The van der Waals surface area contributed by atoms with Gasteiger partial charge in [0.25, 0.3) is 0 Å². The molecule has 2 rings (SSSR count). The van der Waals surface area contributed by atoms with Crippen molar-refractivity contribution in [3.05, 3.63) is 29.6 Å². The Morgan fingerprint density at radius 2 is 2.33 bits per heavy atom. The molecule has 0 saturated carbocycles.